The summed E-state index contributed by atoms with van der Waals surface area (Å²) in [7, 11) is 1.49. The molecule has 3 amide bonds. The minimum Gasteiger partial charge on any atom is -0.486 e. The van der Waals surface area contributed by atoms with Crippen LogP contribution in [-0.4, -0.2) is 30.5 Å². The summed E-state index contributed by atoms with van der Waals surface area (Å²) in [4.78, 5) is 26.9. The van der Waals surface area contributed by atoms with Crippen LogP contribution in [0, 0.1) is 0 Å². The van der Waals surface area contributed by atoms with Crippen molar-refractivity contribution in [1.82, 2.24) is 15.6 Å². The van der Waals surface area contributed by atoms with E-state index in [-0.39, 0.29) is 12.5 Å². The van der Waals surface area contributed by atoms with Gasteiger partial charge in [0, 0.05) is 18.9 Å². The molecule has 24 heavy (non-hydrogen) atoms. The summed E-state index contributed by atoms with van der Waals surface area (Å²) in [5.41, 5.74) is 1.27. The Labute approximate surface area is 144 Å². The zero-order valence-electron chi connectivity index (χ0n) is 13.0. The maximum atomic E-state index is 11.7. The smallest absolute Gasteiger partial charge is 0.319 e. The number of urea groups is 1. The molecule has 0 unspecified atom stereocenters. The lowest BCUT2D eigenvalue weighted by Crippen LogP contribution is -2.37. The molecule has 0 atom stereocenters. The molecule has 126 valence electrons. The summed E-state index contributed by atoms with van der Waals surface area (Å²) in [6, 6.07) is 9.91. The number of rotatable bonds is 6. The van der Waals surface area contributed by atoms with Crippen molar-refractivity contribution >= 4 is 29.2 Å². The van der Waals surface area contributed by atoms with Crippen molar-refractivity contribution in [2.24, 2.45) is 0 Å². The molecule has 1 aromatic carbocycles. The van der Waals surface area contributed by atoms with Gasteiger partial charge in [0.1, 0.15) is 12.4 Å². The fraction of sp³-hybridized carbons (Fsp3) is 0.188. The molecule has 2 aromatic rings. The molecule has 7 nitrogen and oxygen atoms in total. The Morgan fingerprint density at radius 3 is 2.75 bits per heavy atom. The van der Waals surface area contributed by atoms with Gasteiger partial charge in [0.2, 0.25) is 5.91 Å². The van der Waals surface area contributed by atoms with Crippen molar-refractivity contribution < 1.29 is 14.3 Å². The summed E-state index contributed by atoms with van der Waals surface area (Å²) in [6.45, 7) is 0.182. The standard InChI is InChI=1S/C16H17ClN4O3/c1-18-15(22)9-20-16(23)21-11-5-6-14(13(17)8-11)24-10-12-4-2-3-7-19-12/h2-8H,9-10H2,1H3,(H,18,22)(H2,20,21,23). The molecule has 0 spiro atoms. The number of amides is 3. The summed E-state index contributed by atoms with van der Waals surface area (Å²) >= 11 is 6.15. The number of hydrogen-bond donors (Lipinski definition) is 3. The van der Waals surface area contributed by atoms with Gasteiger partial charge < -0.3 is 20.7 Å². The van der Waals surface area contributed by atoms with E-state index in [1.54, 1.807) is 24.4 Å². The third-order valence-corrected chi connectivity index (χ3v) is 3.28. The highest BCUT2D eigenvalue weighted by Gasteiger charge is 2.07. The Morgan fingerprint density at radius 1 is 1.25 bits per heavy atom. The second kappa shape index (κ2) is 8.73. The molecule has 8 heteroatoms. The molecular weight excluding hydrogens is 332 g/mol. The molecule has 0 saturated carbocycles. The van der Waals surface area contributed by atoms with E-state index in [9.17, 15) is 9.59 Å². The van der Waals surface area contributed by atoms with Gasteiger partial charge >= 0.3 is 6.03 Å². The first-order valence-electron chi connectivity index (χ1n) is 7.16. The molecule has 0 saturated heterocycles. The number of ether oxygens (including phenoxy) is 1. The maximum absolute atomic E-state index is 11.7. The summed E-state index contributed by atoms with van der Waals surface area (Å²) in [6.07, 6.45) is 1.69. The zero-order valence-corrected chi connectivity index (χ0v) is 13.8. The van der Waals surface area contributed by atoms with E-state index >= 15 is 0 Å². The average molecular weight is 349 g/mol. The van der Waals surface area contributed by atoms with Gasteiger partial charge in [0.15, 0.2) is 0 Å². The van der Waals surface area contributed by atoms with Crippen molar-refractivity contribution in [3.63, 3.8) is 0 Å². The Morgan fingerprint density at radius 2 is 2.08 bits per heavy atom. The van der Waals surface area contributed by atoms with E-state index in [1.807, 2.05) is 18.2 Å². The lowest BCUT2D eigenvalue weighted by Gasteiger charge is -2.11. The number of halogens is 1. The predicted molar refractivity (Wildman–Crippen MR) is 91.1 cm³/mol. The van der Waals surface area contributed by atoms with Crippen LogP contribution in [0.2, 0.25) is 5.02 Å². The lowest BCUT2D eigenvalue weighted by molar-refractivity contribution is -0.119. The van der Waals surface area contributed by atoms with E-state index in [1.165, 1.54) is 7.05 Å². The Balaban J connectivity index is 1.89. The normalized spacial score (nSPS) is 9.92. The molecule has 0 aliphatic carbocycles. The first-order valence-corrected chi connectivity index (χ1v) is 7.54. The van der Waals surface area contributed by atoms with Crippen molar-refractivity contribution in [2.45, 2.75) is 6.61 Å². The summed E-state index contributed by atoms with van der Waals surface area (Å²) in [5, 5.41) is 7.76. The van der Waals surface area contributed by atoms with Gasteiger partial charge in [-0.15, -0.1) is 0 Å². The van der Waals surface area contributed by atoms with E-state index in [0.29, 0.717) is 23.1 Å². The first-order chi connectivity index (χ1) is 11.6. The number of anilines is 1. The Bertz CT molecular complexity index is 710. The molecule has 0 radical (unpaired) electrons. The zero-order chi connectivity index (χ0) is 17.4. The lowest BCUT2D eigenvalue weighted by atomic mass is 10.3. The highest BCUT2D eigenvalue weighted by Crippen LogP contribution is 2.28. The van der Waals surface area contributed by atoms with Gasteiger partial charge in [-0.25, -0.2) is 4.79 Å². The van der Waals surface area contributed by atoms with Crippen LogP contribution >= 0.6 is 11.6 Å². The largest absolute Gasteiger partial charge is 0.486 e. The molecule has 2 rings (SSSR count). The molecule has 0 fully saturated rings. The number of carbonyl (C=O) groups is 2. The minimum absolute atomic E-state index is 0.110. The van der Waals surface area contributed by atoms with Crippen LogP contribution < -0.4 is 20.7 Å². The fourth-order valence-corrected chi connectivity index (χ4v) is 1.99. The number of carbonyl (C=O) groups excluding carboxylic acids is 2. The molecule has 3 N–H and O–H groups in total. The van der Waals surface area contributed by atoms with Crippen LogP contribution in [-0.2, 0) is 11.4 Å². The SMILES string of the molecule is CNC(=O)CNC(=O)Nc1ccc(OCc2ccccn2)c(Cl)c1. The van der Waals surface area contributed by atoms with Gasteiger partial charge in [0.25, 0.3) is 0 Å². The van der Waals surface area contributed by atoms with Crippen LogP contribution in [0.25, 0.3) is 0 Å². The van der Waals surface area contributed by atoms with Crippen LogP contribution in [0.15, 0.2) is 42.6 Å². The second-order valence-corrected chi connectivity index (χ2v) is 5.14. The van der Waals surface area contributed by atoms with Crippen LogP contribution in [0.1, 0.15) is 5.69 Å². The van der Waals surface area contributed by atoms with Gasteiger partial charge in [-0.05, 0) is 30.3 Å². The second-order valence-electron chi connectivity index (χ2n) is 4.74. The summed E-state index contributed by atoms with van der Waals surface area (Å²) in [5.74, 6) is 0.195. The van der Waals surface area contributed by atoms with E-state index in [0.717, 1.165) is 5.69 Å². The van der Waals surface area contributed by atoms with Gasteiger partial charge in [-0.1, -0.05) is 17.7 Å². The van der Waals surface area contributed by atoms with Crippen molar-refractivity contribution in [3.8, 4) is 5.75 Å². The van der Waals surface area contributed by atoms with Gasteiger partial charge in [-0.3, -0.25) is 9.78 Å². The minimum atomic E-state index is -0.503. The van der Waals surface area contributed by atoms with Crippen LogP contribution in [0.3, 0.4) is 0 Å². The third kappa shape index (κ3) is 5.44. The molecular formula is C16H17ClN4O3. The van der Waals surface area contributed by atoms with E-state index in [4.69, 9.17) is 16.3 Å². The number of benzene rings is 1. The topological polar surface area (TPSA) is 92.4 Å². The highest BCUT2D eigenvalue weighted by atomic mass is 35.5. The molecule has 1 aromatic heterocycles. The van der Waals surface area contributed by atoms with E-state index < -0.39 is 6.03 Å². The first kappa shape index (κ1) is 17.6. The van der Waals surface area contributed by atoms with Crippen LogP contribution in [0.5, 0.6) is 5.75 Å². The average Bonchev–Trinajstić information content (AvgIpc) is 2.60. The molecule has 0 aliphatic rings. The monoisotopic (exact) mass is 348 g/mol. The maximum Gasteiger partial charge on any atom is 0.319 e. The third-order valence-electron chi connectivity index (χ3n) is 2.98. The number of aromatic nitrogens is 1. The summed E-state index contributed by atoms with van der Waals surface area (Å²) < 4.78 is 5.60. The number of hydrogen-bond acceptors (Lipinski definition) is 4. The van der Waals surface area contributed by atoms with Crippen LogP contribution in [0.4, 0.5) is 10.5 Å². The highest BCUT2D eigenvalue weighted by molar-refractivity contribution is 6.32. The number of nitrogens with one attached hydrogen (secondary N) is 3. The predicted octanol–water partition coefficient (Wildman–Crippen LogP) is 2.18. The number of likely N-dealkylation sites (N-methyl/N-ethyl adjacent to an activating group) is 1. The van der Waals surface area contributed by atoms with Crippen molar-refractivity contribution in [3.05, 3.63) is 53.3 Å². The number of nitrogens with zero attached hydrogens (tertiary/aromatic N) is 1. The quantitative estimate of drug-likeness (QED) is 0.746. The van der Waals surface area contributed by atoms with Gasteiger partial charge in [-0.2, -0.15) is 0 Å². The molecule has 1 heterocycles. The number of pyridine rings is 1. The van der Waals surface area contributed by atoms with E-state index in [2.05, 4.69) is 20.9 Å². The fourth-order valence-electron chi connectivity index (χ4n) is 1.76. The van der Waals surface area contributed by atoms with Crippen molar-refractivity contribution in [2.75, 3.05) is 18.9 Å². The Kier molecular flexibility index (Phi) is 6.39. The van der Waals surface area contributed by atoms with Crippen molar-refractivity contribution in [1.29, 1.82) is 0 Å². The van der Waals surface area contributed by atoms with Gasteiger partial charge in [0.05, 0.1) is 17.3 Å². The Hall–Kier alpha value is -2.80. The molecule has 0 bridgehead atoms. The molecule has 0 aliphatic heterocycles.